The van der Waals surface area contributed by atoms with Crippen LogP contribution in [0.5, 0.6) is 0 Å². The highest BCUT2D eigenvalue weighted by Gasteiger charge is 2.26. The van der Waals surface area contributed by atoms with Crippen LogP contribution in [0.25, 0.3) is 0 Å². The average Bonchev–Trinajstić information content (AvgIpc) is 2.76. The zero-order valence-corrected chi connectivity index (χ0v) is 21.2. The Balaban J connectivity index is 2.04. The van der Waals surface area contributed by atoms with Gasteiger partial charge in [-0.15, -0.1) is 0 Å². The van der Waals surface area contributed by atoms with Gasteiger partial charge in [-0.25, -0.2) is 8.42 Å². The summed E-state index contributed by atoms with van der Waals surface area (Å²) in [7, 11) is -3.95. The Morgan fingerprint density at radius 1 is 0.909 bits per heavy atom. The largest absolute Gasteiger partial charge is 0.372 e. The van der Waals surface area contributed by atoms with E-state index >= 15 is 0 Å². The molecule has 0 fully saturated rings. The number of anilines is 1. The summed E-state index contributed by atoms with van der Waals surface area (Å²) in [5.41, 5.74) is 8.99. The van der Waals surface area contributed by atoms with Crippen molar-refractivity contribution < 1.29 is 18.0 Å². The Labute approximate surface area is 196 Å². The molecule has 0 saturated carbocycles. The summed E-state index contributed by atoms with van der Waals surface area (Å²) in [5, 5.41) is 0. The molecule has 180 valence electrons. The van der Waals surface area contributed by atoms with Crippen molar-refractivity contribution in [2.24, 2.45) is 0 Å². The molecule has 2 aromatic carbocycles. The number of aryl methyl sites for hydroxylation is 2. The maximum absolute atomic E-state index is 13.0. The molecule has 2 amide bonds. The molecule has 0 radical (unpaired) electrons. The second-order valence-corrected chi connectivity index (χ2v) is 9.75. The molecule has 0 heterocycles. The Hall–Kier alpha value is -2.91. The van der Waals surface area contributed by atoms with E-state index < -0.39 is 27.9 Å². The number of hydrogen-bond acceptors (Lipinski definition) is 5. The predicted molar refractivity (Wildman–Crippen MR) is 131 cm³/mol. The van der Waals surface area contributed by atoms with Crippen LogP contribution in [0.15, 0.2) is 35.2 Å². The van der Waals surface area contributed by atoms with E-state index in [1.165, 1.54) is 6.92 Å². The van der Waals surface area contributed by atoms with Crippen molar-refractivity contribution >= 4 is 27.5 Å². The van der Waals surface area contributed by atoms with Crippen molar-refractivity contribution in [3.05, 3.63) is 58.1 Å². The highest BCUT2D eigenvalue weighted by molar-refractivity contribution is 7.89. The van der Waals surface area contributed by atoms with Crippen molar-refractivity contribution in [2.45, 2.75) is 59.4 Å². The van der Waals surface area contributed by atoms with E-state index in [1.54, 1.807) is 26.0 Å². The van der Waals surface area contributed by atoms with E-state index in [0.717, 1.165) is 29.9 Å². The molecule has 1 atom stereocenters. The number of hydrogen-bond donors (Lipinski definition) is 3. The van der Waals surface area contributed by atoms with Crippen LogP contribution in [0.3, 0.4) is 0 Å². The zero-order chi connectivity index (χ0) is 24.9. The van der Waals surface area contributed by atoms with Gasteiger partial charge in [-0.3, -0.25) is 20.4 Å². The molecule has 0 spiro atoms. The second-order valence-electron chi connectivity index (χ2n) is 8.10. The predicted octanol–water partition coefficient (Wildman–Crippen LogP) is 2.89. The fourth-order valence-electron chi connectivity index (χ4n) is 3.64. The number of nitrogens with one attached hydrogen (secondary N) is 3. The molecule has 33 heavy (non-hydrogen) atoms. The van der Waals surface area contributed by atoms with Crippen LogP contribution in [-0.2, 0) is 14.8 Å². The van der Waals surface area contributed by atoms with Crippen molar-refractivity contribution in [2.75, 3.05) is 18.0 Å². The highest BCUT2D eigenvalue weighted by atomic mass is 32.2. The maximum Gasteiger partial charge on any atom is 0.269 e. The maximum atomic E-state index is 13.0. The minimum atomic E-state index is -3.95. The lowest BCUT2D eigenvalue weighted by Crippen LogP contribution is -2.51. The number of hydrazine groups is 1. The first kappa shape index (κ1) is 26.3. The minimum Gasteiger partial charge on any atom is -0.372 e. The number of nitrogens with zero attached hydrogens (tertiary/aromatic N) is 1. The van der Waals surface area contributed by atoms with Gasteiger partial charge >= 0.3 is 0 Å². The van der Waals surface area contributed by atoms with Gasteiger partial charge in [-0.2, -0.15) is 4.72 Å². The first-order valence-corrected chi connectivity index (χ1v) is 12.5. The number of benzene rings is 2. The first-order valence-electron chi connectivity index (χ1n) is 11.0. The van der Waals surface area contributed by atoms with E-state index in [9.17, 15) is 18.0 Å². The zero-order valence-electron chi connectivity index (χ0n) is 20.4. The molecule has 0 bridgehead atoms. The van der Waals surface area contributed by atoms with Gasteiger partial charge in [0.25, 0.3) is 11.8 Å². The number of rotatable bonds is 8. The van der Waals surface area contributed by atoms with Gasteiger partial charge in [-0.1, -0.05) is 6.07 Å². The monoisotopic (exact) mass is 474 g/mol. The molecule has 3 N–H and O–H groups in total. The summed E-state index contributed by atoms with van der Waals surface area (Å²) in [4.78, 5) is 27.2. The second kappa shape index (κ2) is 10.8. The first-order chi connectivity index (χ1) is 15.4. The molecule has 0 aliphatic rings. The van der Waals surface area contributed by atoms with E-state index in [4.69, 9.17) is 0 Å². The number of carbonyl (C=O) groups excluding carboxylic acids is 2. The van der Waals surface area contributed by atoms with E-state index in [-0.39, 0.29) is 4.90 Å². The van der Waals surface area contributed by atoms with Gasteiger partial charge in [0.15, 0.2) is 0 Å². The van der Waals surface area contributed by atoms with Crippen molar-refractivity contribution in [1.82, 2.24) is 15.6 Å². The summed E-state index contributed by atoms with van der Waals surface area (Å²) in [6, 6.07) is 7.87. The minimum absolute atomic E-state index is 0.178. The van der Waals surface area contributed by atoms with Crippen LogP contribution in [0.4, 0.5) is 5.69 Å². The Bertz CT molecular complexity index is 1100. The van der Waals surface area contributed by atoms with Crippen LogP contribution < -0.4 is 20.5 Å². The molecule has 0 aromatic heterocycles. The van der Waals surface area contributed by atoms with Gasteiger partial charge < -0.3 is 4.90 Å². The third-order valence-electron chi connectivity index (χ3n) is 5.85. The van der Waals surface area contributed by atoms with Crippen molar-refractivity contribution in [1.29, 1.82) is 0 Å². The van der Waals surface area contributed by atoms with Crippen LogP contribution in [0.1, 0.15) is 53.4 Å². The Kier molecular flexibility index (Phi) is 8.63. The Morgan fingerprint density at radius 3 is 1.91 bits per heavy atom. The Morgan fingerprint density at radius 2 is 1.42 bits per heavy atom. The highest BCUT2D eigenvalue weighted by Crippen LogP contribution is 2.26. The summed E-state index contributed by atoms with van der Waals surface area (Å²) < 4.78 is 28.4. The molecule has 0 unspecified atom stereocenters. The van der Waals surface area contributed by atoms with E-state index in [1.807, 2.05) is 32.0 Å². The van der Waals surface area contributed by atoms with Gasteiger partial charge in [0.05, 0.1) is 10.9 Å². The summed E-state index contributed by atoms with van der Waals surface area (Å²) in [5.74, 6) is -1.17. The number of amides is 2. The van der Waals surface area contributed by atoms with Gasteiger partial charge in [0.2, 0.25) is 10.0 Å². The molecular formula is C24H34N4O4S. The molecule has 9 heteroatoms. The van der Waals surface area contributed by atoms with E-state index in [2.05, 4.69) is 34.3 Å². The average molecular weight is 475 g/mol. The third-order valence-corrected chi connectivity index (χ3v) is 7.66. The van der Waals surface area contributed by atoms with Gasteiger partial charge in [-0.05, 0) is 95.0 Å². The quantitative estimate of drug-likeness (QED) is 0.510. The fraction of sp³-hybridized carbons (Fsp3) is 0.417. The number of carbonyl (C=O) groups is 2. The van der Waals surface area contributed by atoms with Gasteiger partial charge in [0.1, 0.15) is 0 Å². The molecule has 0 saturated heterocycles. The molecule has 0 aliphatic heterocycles. The number of sulfonamides is 1. The summed E-state index contributed by atoms with van der Waals surface area (Å²) in [6.45, 7) is 14.4. The summed E-state index contributed by atoms with van der Waals surface area (Å²) in [6.07, 6.45) is 0. The third kappa shape index (κ3) is 6.11. The van der Waals surface area contributed by atoms with Crippen molar-refractivity contribution in [3.8, 4) is 0 Å². The normalized spacial score (nSPS) is 12.2. The smallest absolute Gasteiger partial charge is 0.269 e. The SMILES string of the molecule is CCN(CC)c1ccc(C(=O)NNC(=O)[C@H](C)NS(=O)(=O)c2c(C)c(C)cc(C)c2C)cc1. The van der Waals surface area contributed by atoms with Crippen molar-refractivity contribution in [3.63, 3.8) is 0 Å². The van der Waals surface area contributed by atoms with Crippen LogP contribution in [0.2, 0.25) is 0 Å². The lowest BCUT2D eigenvalue weighted by molar-refractivity contribution is -0.123. The van der Waals surface area contributed by atoms with Gasteiger partial charge in [0, 0.05) is 24.3 Å². The fourth-order valence-corrected chi connectivity index (χ4v) is 5.46. The topological polar surface area (TPSA) is 108 Å². The van der Waals surface area contributed by atoms with Crippen LogP contribution >= 0.6 is 0 Å². The van der Waals surface area contributed by atoms with Crippen LogP contribution in [0, 0.1) is 27.7 Å². The molecule has 2 aromatic rings. The lowest BCUT2D eigenvalue weighted by Gasteiger charge is -2.21. The molecule has 8 nitrogen and oxygen atoms in total. The molecule has 2 rings (SSSR count). The van der Waals surface area contributed by atoms with Crippen LogP contribution in [-0.4, -0.2) is 39.4 Å². The molecule has 0 aliphatic carbocycles. The molecular weight excluding hydrogens is 440 g/mol. The van der Waals surface area contributed by atoms with E-state index in [0.29, 0.717) is 16.7 Å². The summed E-state index contributed by atoms with van der Waals surface area (Å²) >= 11 is 0. The lowest BCUT2D eigenvalue weighted by atomic mass is 10.0. The standard InChI is InChI=1S/C24H34N4O4S/c1-8-28(9-2)21-12-10-20(11-13-21)24(30)26-25-23(29)19(7)27-33(31,32)22-17(5)15(3)14-16(4)18(22)6/h10-14,19,27H,8-9H2,1-7H3,(H,25,29)(H,26,30)/t19-/m0/s1.